The van der Waals surface area contributed by atoms with Crippen molar-refractivity contribution in [2.24, 2.45) is 11.8 Å². The fourth-order valence-corrected chi connectivity index (χ4v) is 5.41. The molecule has 2 rings (SSSR count). The van der Waals surface area contributed by atoms with Crippen molar-refractivity contribution in [1.29, 1.82) is 0 Å². The zero-order chi connectivity index (χ0) is 24.1. The molecule has 0 spiro atoms. The highest BCUT2D eigenvalue weighted by Crippen LogP contribution is 2.61. The lowest BCUT2D eigenvalue weighted by molar-refractivity contribution is -0.394. The fraction of sp³-hybridized carbons (Fsp3) is 0.556. The summed E-state index contributed by atoms with van der Waals surface area (Å²) >= 11 is 0. The summed E-state index contributed by atoms with van der Waals surface area (Å²) in [6, 6.07) is 2.44. The first kappa shape index (κ1) is 25.4. The Bertz CT molecular complexity index is 911. The predicted octanol–water partition coefficient (Wildman–Crippen LogP) is 3.02. The van der Waals surface area contributed by atoms with Crippen LogP contribution in [0.2, 0.25) is 0 Å². The number of amides is 1. The molecular formula is C18H24N3O10P. The van der Waals surface area contributed by atoms with Crippen molar-refractivity contribution >= 4 is 30.8 Å². The van der Waals surface area contributed by atoms with Crippen LogP contribution in [0.4, 0.5) is 11.4 Å². The van der Waals surface area contributed by atoms with Crippen LogP contribution >= 0.6 is 7.60 Å². The Labute approximate surface area is 183 Å². The smallest absolute Gasteiger partial charge is 0.353 e. The lowest BCUT2D eigenvalue weighted by Gasteiger charge is -2.27. The van der Waals surface area contributed by atoms with Crippen molar-refractivity contribution in [2.45, 2.75) is 33.0 Å². The molecule has 0 aliphatic heterocycles. The fourth-order valence-electron chi connectivity index (χ4n) is 3.22. The minimum absolute atomic E-state index is 0.0112. The van der Waals surface area contributed by atoms with Gasteiger partial charge in [-0.15, -0.1) is 0 Å². The van der Waals surface area contributed by atoms with Crippen molar-refractivity contribution in [2.75, 3.05) is 19.8 Å². The number of nitro groups is 2. The van der Waals surface area contributed by atoms with Gasteiger partial charge in [-0.3, -0.25) is 34.4 Å². The Kier molecular flexibility index (Phi) is 8.42. The van der Waals surface area contributed by atoms with Crippen LogP contribution in [0.25, 0.3) is 0 Å². The number of nitrogens with one attached hydrogen (secondary N) is 1. The number of rotatable bonds is 12. The summed E-state index contributed by atoms with van der Waals surface area (Å²) in [6.45, 7) is 4.90. The number of nitro benzene ring substituents is 2. The molecule has 1 aliphatic rings. The summed E-state index contributed by atoms with van der Waals surface area (Å²) in [4.78, 5) is 45.5. The van der Waals surface area contributed by atoms with Crippen molar-refractivity contribution in [1.82, 2.24) is 5.32 Å². The Balaban J connectivity index is 2.40. The van der Waals surface area contributed by atoms with E-state index in [-0.39, 0.29) is 31.8 Å². The summed E-state index contributed by atoms with van der Waals surface area (Å²) in [7, 11) is -3.96. The van der Waals surface area contributed by atoms with Crippen LogP contribution < -0.4 is 5.32 Å². The van der Waals surface area contributed by atoms with Gasteiger partial charge in [-0.05, 0) is 27.2 Å². The third-order valence-corrected chi connectivity index (χ3v) is 7.09. The maximum absolute atomic E-state index is 13.4. The van der Waals surface area contributed by atoms with Crippen LogP contribution in [0.5, 0.6) is 0 Å². The summed E-state index contributed by atoms with van der Waals surface area (Å²) in [5, 5.41) is 24.7. The van der Waals surface area contributed by atoms with Crippen molar-refractivity contribution in [3.05, 3.63) is 44.0 Å². The summed E-state index contributed by atoms with van der Waals surface area (Å²) < 4.78 is 29.1. The van der Waals surface area contributed by atoms with Gasteiger partial charge in [-0.1, -0.05) is 0 Å². The van der Waals surface area contributed by atoms with Crippen LogP contribution in [0, 0.1) is 32.1 Å². The molecule has 176 valence electrons. The van der Waals surface area contributed by atoms with Gasteiger partial charge >= 0.3 is 13.6 Å². The lowest BCUT2D eigenvalue weighted by Crippen LogP contribution is -2.38. The number of non-ortho nitro benzene ring substituents is 2. The SMILES string of the molecule is CCOC(=O)[C@@H]1C[C@H]1[C@@H](NC(=O)c1cc([N+](=O)[O-])cc([N+](=O)[O-])c1)P(=O)(OCC)OCC. The van der Waals surface area contributed by atoms with Crippen molar-refractivity contribution in [3.8, 4) is 0 Å². The van der Waals surface area contributed by atoms with Gasteiger partial charge in [0.25, 0.3) is 17.3 Å². The Morgan fingerprint density at radius 3 is 2.03 bits per heavy atom. The predicted molar refractivity (Wildman–Crippen MR) is 110 cm³/mol. The third kappa shape index (κ3) is 5.87. The van der Waals surface area contributed by atoms with Gasteiger partial charge in [0.1, 0.15) is 5.78 Å². The highest BCUT2D eigenvalue weighted by atomic mass is 31.2. The zero-order valence-corrected chi connectivity index (χ0v) is 18.6. The van der Waals surface area contributed by atoms with E-state index in [4.69, 9.17) is 13.8 Å². The monoisotopic (exact) mass is 473 g/mol. The second-order valence-electron chi connectivity index (χ2n) is 6.80. The molecule has 1 fully saturated rings. The van der Waals surface area contributed by atoms with Crippen LogP contribution in [0.3, 0.4) is 0 Å². The Morgan fingerprint density at radius 2 is 1.59 bits per heavy atom. The number of hydrogen-bond donors (Lipinski definition) is 1. The molecule has 13 nitrogen and oxygen atoms in total. The van der Waals surface area contributed by atoms with E-state index in [1.165, 1.54) is 0 Å². The molecule has 1 aliphatic carbocycles. The van der Waals surface area contributed by atoms with E-state index in [1.54, 1.807) is 20.8 Å². The molecule has 0 heterocycles. The molecular weight excluding hydrogens is 449 g/mol. The second kappa shape index (κ2) is 10.6. The molecule has 1 saturated carbocycles. The average Bonchev–Trinajstić information content (AvgIpc) is 3.52. The minimum atomic E-state index is -3.96. The molecule has 32 heavy (non-hydrogen) atoms. The third-order valence-electron chi connectivity index (χ3n) is 4.66. The maximum Gasteiger partial charge on any atom is 0.353 e. The highest BCUT2D eigenvalue weighted by Gasteiger charge is 2.56. The number of benzene rings is 1. The van der Waals surface area contributed by atoms with Crippen LogP contribution in [-0.4, -0.2) is 47.3 Å². The van der Waals surface area contributed by atoms with Gasteiger partial charge in [0, 0.05) is 18.1 Å². The zero-order valence-electron chi connectivity index (χ0n) is 17.7. The van der Waals surface area contributed by atoms with Crippen LogP contribution in [-0.2, 0) is 23.1 Å². The topological polar surface area (TPSA) is 177 Å². The van der Waals surface area contributed by atoms with Gasteiger partial charge in [0.2, 0.25) is 0 Å². The highest BCUT2D eigenvalue weighted by molar-refractivity contribution is 7.54. The molecule has 0 unspecified atom stereocenters. The van der Waals surface area contributed by atoms with Gasteiger partial charge in [-0.25, -0.2) is 0 Å². The quantitative estimate of drug-likeness (QED) is 0.205. The van der Waals surface area contributed by atoms with Crippen molar-refractivity contribution in [3.63, 3.8) is 0 Å². The van der Waals surface area contributed by atoms with E-state index in [0.717, 1.165) is 18.2 Å². The lowest BCUT2D eigenvalue weighted by atomic mass is 10.1. The molecule has 0 bridgehead atoms. The van der Waals surface area contributed by atoms with Gasteiger partial charge in [0.05, 0.1) is 47.2 Å². The Morgan fingerprint density at radius 1 is 1.06 bits per heavy atom. The number of hydrogen-bond acceptors (Lipinski definition) is 10. The molecule has 1 N–H and O–H groups in total. The maximum atomic E-state index is 13.4. The Hall–Kier alpha value is -2.89. The molecule has 3 atom stereocenters. The van der Waals surface area contributed by atoms with E-state index in [1.807, 2.05) is 0 Å². The second-order valence-corrected chi connectivity index (χ2v) is 8.96. The number of carbonyl (C=O) groups is 2. The largest absolute Gasteiger partial charge is 0.466 e. The molecule has 14 heteroatoms. The minimum Gasteiger partial charge on any atom is -0.466 e. The molecule has 1 aromatic rings. The van der Waals surface area contributed by atoms with E-state index in [9.17, 15) is 34.4 Å². The average molecular weight is 473 g/mol. The molecule has 0 aromatic heterocycles. The van der Waals surface area contributed by atoms with E-state index in [2.05, 4.69) is 5.32 Å². The summed E-state index contributed by atoms with van der Waals surface area (Å²) in [5.74, 6) is -4.02. The number of nitrogens with zero attached hydrogens (tertiary/aromatic N) is 2. The van der Waals surface area contributed by atoms with Gasteiger partial charge < -0.3 is 19.1 Å². The van der Waals surface area contributed by atoms with Crippen LogP contribution in [0.15, 0.2) is 18.2 Å². The van der Waals surface area contributed by atoms with Gasteiger partial charge in [0.15, 0.2) is 0 Å². The molecule has 0 radical (unpaired) electrons. The molecule has 0 saturated heterocycles. The van der Waals surface area contributed by atoms with E-state index < -0.39 is 58.3 Å². The summed E-state index contributed by atoms with van der Waals surface area (Å²) in [5.41, 5.74) is -1.70. The number of esters is 1. The summed E-state index contributed by atoms with van der Waals surface area (Å²) in [6.07, 6.45) is 0.253. The molecule has 1 amide bonds. The van der Waals surface area contributed by atoms with Crippen molar-refractivity contribution < 1.29 is 37.8 Å². The number of carbonyl (C=O) groups excluding carboxylic acids is 2. The first-order chi connectivity index (χ1) is 15.1. The molecule has 1 aromatic carbocycles. The first-order valence-corrected chi connectivity index (χ1v) is 11.5. The number of ether oxygens (including phenoxy) is 1. The normalized spacial score (nSPS) is 18.5. The first-order valence-electron chi connectivity index (χ1n) is 9.88. The standard InChI is InChI=1S/C18H24N3O10P/c1-4-29-18(23)15-10-14(15)17(32(28,30-5-2)31-6-3)19-16(22)11-7-12(20(24)25)9-13(8-11)21(26)27/h7-9,14-15,17H,4-6,10H2,1-3H3,(H,19,22)/t14-,15-,17+/m1/s1. The van der Waals surface area contributed by atoms with Gasteiger partial charge in [-0.2, -0.15) is 0 Å². The van der Waals surface area contributed by atoms with Crippen LogP contribution in [0.1, 0.15) is 37.6 Å². The van der Waals surface area contributed by atoms with E-state index in [0.29, 0.717) is 0 Å². The van der Waals surface area contributed by atoms with E-state index >= 15 is 0 Å².